The SMILES string of the molecule is CCC[C@@]1(CO)CN(Cc2ccc(CC(C)C)cc2)CC[C@@H]1O. The zero-order chi connectivity index (χ0) is 16.9. The summed E-state index contributed by atoms with van der Waals surface area (Å²) in [6, 6.07) is 8.92. The van der Waals surface area contributed by atoms with Gasteiger partial charge in [0.2, 0.25) is 0 Å². The summed E-state index contributed by atoms with van der Waals surface area (Å²) in [5.74, 6) is 0.684. The fourth-order valence-corrected chi connectivity index (χ4v) is 3.86. The lowest BCUT2D eigenvalue weighted by Crippen LogP contribution is -2.53. The Bertz CT molecular complexity index is 471. The van der Waals surface area contributed by atoms with Crippen LogP contribution in [0.4, 0.5) is 0 Å². The van der Waals surface area contributed by atoms with Gasteiger partial charge in [0.25, 0.3) is 0 Å². The summed E-state index contributed by atoms with van der Waals surface area (Å²) in [7, 11) is 0. The van der Waals surface area contributed by atoms with E-state index in [0.29, 0.717) is 5.92 Å². The third-order valence-corrected chi connectivity index (χ3v) is 5.10. The van der Waals surface area contributed by atoms with Crippen molar-refractivity contribution >= 4 is 0 Å². The van der Waals surface area contributed by atoms with Gasteiger partial charge in [-0.2, -0.15) is 0 Å². The van der Waals surface area contributed by atoms with Crippen LogP contribution >= 0.6 is 0 Å². The van der Waals surface area contributed by atoms with Crippen LogP contribution in [0.15, 0.2) is 24.3 Å². The maximum absolute atomic E-state index is 10.4. The minimum Gasteiger partial charge on any atom is -0.396 e. The molecular formula is C20H33NO2. The first kappa shape index (κ1) is 18.4. The van der Waals surface area contributed by atoms with Crippen LogP contribution in [-0.4, -0.2) is 40.9 Å². The van der Waals surface area contributed by atoms with Gasteiger partial charge in [-0.1, -0.05) is 51.5 Å². The molecule has 3 nitrogen and oxygen atoms in total. The molecule has 0 unspecified atom stereocenters. The van der Waals surface area contributed by atoms with Crippen LogP contribution in [0.2, 0.25) is 0 Å². The third kappa shape index (κ3) is 4.79. The van der Waals surface area contributed by atoms with Crippen molar-refractivity contribution in [2.45, 2.75) is 59.1 Å². The third-order valence-electron chi connectivity index (χ3n) is 5.10. The van der Waals surface area contributed by atoms with E-state index in [9.17, 15) is 10.2 Å². The lowest BCUT2D eigenvalue weighted by molar-refractivity contribution is -0.0819. The van der Waals surface area contributed by atoms with Gasteiger partial charge in [-0.15, -0.1) is 0 Å². The van der Waals surface area contributed by atoms with Crippen molar-refractivity contribution in [2.24, 2.45) is 11.3 Å². The molecule has 2 atom stereocenters. The minimum atomic E-state index is -0.378. The Morgan fingerprint density at radius 1 is 1.22 bits per heavy atom. The van der Waals surface area contributed by atoms with Gasteiger partial charge in [-0.05, 0) is 36.3 Å². The number of likely N-dealkylation sites (tertiary alicyclic amines) is 1. The first-order valence-electron chi connectivity index (χ1n) is 9.08. The molecule has 1 aromatic rings. The Morgan fingerprint density at radius 2 is 1.87 bits per heavy atom. The smallest absolute Gasteiger partial charge is 0.0642 e. The summed E-state index contributed by atoms with van der Waals surface area (Å²) in [6.45, 7) is 9.28. The number of rotatable bonds is 7. The summed E-state index contributed by atoms with van der Waals surface area (Å²) in [5, 5.41) is 20.2. The Hall–Kier alpha value is -0.900. The van der Waals surface area contributed by atoms with Gasteiger partial charge in [0.15, 0.2) is 0 Å². The molecule has 1 saturated heterocycles. The lowest BCUT2D eigenvalue weighted by atomic mass is 9.74. The van der Waals surface area contributed by atoms with Gasteiger partial charge >= 0.3 is 0 Å². The van der Waals surface area contributed by atoms with E-state index < -0.39 is 0 Å². The summed E-state index contributed by atoms with van der Waals surface area (Å²) < 4.78 is 0. The van der Waals surface area contributed by atoms with Crippen molar-refractivity contribution in [1.82, 2.24) is 4.90 Å². The molecule has 0 saturated carbocycles. The molecule has 23 heavy (non-hydrogen) atoms. The Kier molecular flexibility index (Phi) is 6.63. The number of benzene rings is 1. The predicted molar refractivity (Wildman–Crippen MR) is 95.3 cm³/mol. The highest BCUT2D eigenvalue weighted by atomic mass is 16.3. The maximum atomic E-state index is 10.4. The summed E-state index contributed by atoms with van der Waals surface area (Å²) in [4.78, 5) is 2.38. The standard InChI is InChI=1S/C20H33NO2/c1-4-10-20(15-22)14-21(11-9-19(20)23)13-18-7-5-17(6-8-18)12-16(2)3/h5-8,16,19,22-23H,4,9-15H2,1-3H3/t19-,20-/m0/s1. The second-order valence-electron chi connectivity index (χ2n) is 7.70. The zero-order valence-electron chi connectivity index (χ0n) is 15.0. The molecule has 1 fully saturated rings. The molecule has 0 bridgehead atoms. The first-order chi connectivity index (χ1) is 11.0. The fraction of sp³-hybridized carbons (Fsp3) is 0.700. The van der Waals surface area contributed by atoms with Gasteiger partial charge < -0.3 is 10.2 Å². The van der Waals surface area contributed by atoms with Gasteiger partial charge in [0, 0.05) is 25.0 Å². The van der Waals surface area contributed by atoms with Crippen molar-refractivity contribution in [3.8, 4) is 0 Å². The molecule has 0 amide bonds. The molecule has 0 spiro atoms. The van der Waals surface area contributed by atoms with Crippen LogP contribution in [-0.2, 0) is 13.0 Å². The lowest BCUT2D eigenvalue weighted by Gasteiger charge is -2.45. The van der Waals surface area contributed by atoms with E-state index in [4.69, 9.17) is 0 Å². The van der Waals surface area contributed by atoms with Crippen LogP contribution < -0.4 is 0 Å². The molecular weight excluding hydrogens is 286 g/mol. The topological polar surface area (TPSA) is 43.7 Å². The van der Waals surface area contributed by atoms with Crippen LogP contribution in [0, 0.1) is 11.3 Å². The monoisotopic (exact) mass is 319 g/mol. The Labute approximate surface area is 141 Å². The van der Waals surface area contributed by atoms with Crippen LogP contribution in [0.5, 0.6) is 0 Å². The molecule has 3 heteroatoms. The molecule has 2 N–H and O–H groups in total. The van der Waals surface area contributed by atoms with Crippen molar-refractivity contribution in [3.63, 3.8) is 0 Å². The molecule has 0 aliphatic carbocycles. The molecule has 0 radical (unpaired) electrons. The largest absolute Gasteiger partial charge is 0.396 e. The number of nitrogens with zero attached hydrogens (tertiary/aromatic N) is 1. The Morgan fingerprint density at radius 3 is 2.43 bits per heavy atom. The van der Waals surface area contributed by atoms with Crippen LogP contribution in [0.1, 0.15) is 51.2 Å². The van der Waals surface area contributed by atoms with Crippen molar-refractivity contribution < 1.29 is 10.2 Å². The highest BCUT2D eigenvalue weighted by Gasteiger charge is 2.41. The van der Waals surface area contributed by atoms with Gasteiger partial charge in [-0.25, -0.2) is 0 Å². The first-order valence-corrected chi connectivity index (χ1v) is 9.08. The number of piperidine rings is 1. The van der Waals surface area contributed by atoms with Crippen molar-refractivity contribution in [3.05, 3.63) is 35.4 Å². The average molecular weight is 319 g/mol. The minimum absolute atomic E-state index is 0.0752. The molecule has 2 rings (SSSR count). The van der Waals surface area contributed by atoms with E-state index in [1.807, 2.05) is 0 Å². The van der Waals surface area contributed by atoms with E-state index in [1.54, 1.807) is 0 Å². The number of hydrogen-bond donors (Lipinski definition) is 2. The second kappa shape index (κ2) is 8.27. The highest BCUT2D eigenvalue weighted by Crippen LogP contribution is 2.35. The number of aliphatic hydroxyl groups is 2. The highest BCUT2D eigenvalue weighted by molar-refractivity contribution is 5.23. The molecule has 1 aliphatic rings. The van der Waals surface area contributed by atoms with Gasteiger partial charge in [0.1, 0.15) is 0 Å². The molecule has 1 aromatic carbocycles. The van der Waals surface area contributed by atoms with E-state index in [1.165, 1.54) is 11.1 Å². The molecule has 1 heterocycles. The normalized spacial score (nSPS) is 25.9. The summed E-state index contributed by atoms with van der Waals surface area (Å²) in [5.41, 5.74) is 2.37. The average Bonchev–Trinajstić information content (AvgIpc) is 2.52. The van der Waals surface area contributed by atoms with Gasteiger partial charge in [-0.3, -0.25) is 4.90 Å². The fourth-order valence-electron chi connectivity index (χ4n) is 3.86. The second-order valence-corrected chi connectivity index (χ2v) is 7.70. The van der Waals surface area contributed by atoms with Crippen LogP contribution in [0.25, 0.3) is 0 Å². The Balaban J connectivity index is 1.99. The number of hydrogen-bond acceptors (Lipinski definition) is 3. The van der Waals surface area contributed by atoms with E-state index in [2.05, 4.69) is 49.9 Å². The van der Waals surface area contributed by atoms with E-state index in [0.717, 1.165) is 45.3 Å². The van der Waals surface area contributed by atoms with E-state index >= 15 is 0 Å². The molecule has 1 aliphatic heterocycles. The van der Waals surface area contributed by atoms with Crippen molar-refractivity contribution in [2.75, 3.05) is 19.7 Å². The van der Waals surface area contributed by atoms with Crippen LogP contribution in [0.3, 0.4) is 0 Å². The summed E-state index contributed by atoms with van der Waals surface area (Å²) >= 11 is 0. The molecule has 130 valence electrons. The van der Waals surface area contributed by atoms with Gasteiger partial charge in [0.05, 0.1) is 12.7 Å². The number of aliphatic hydroxyl groups excluding tert-OH is 2. The zero-order valence-corrected chi connectivity index (χ0v) is 15.0. The van der Waals surface area contributed by atoms with E-state index in [-0.39, 0.29) is 18.1 Å². The predicted octanol–water partition coefficient (Wildman–Crippen LogP) is 3.23. The quantitative estimate of drug-likeness (QED) is 0.811. The summed E-state index contributed by atoms with van der Waals surface area (Å²) in [6.07, 6.45) is 3.38. The van der Waals surface area contributed by atoms with Crippen molar-refractivity contribution in [1.29, 1.82) is 0 Å². The maximum Gasteiger partial charge on any atom is 0.0642 e. The molecule has 0 aromatic heterocycles.